The number of hydrogen-bond acceptors (Lipinski definition) is 3. The summed E-state index contributed by atoms with van der Waals surface area (Å²) in [5.74, 6) is -0.609. The normalized spacial score (nSPS) is 12.0. The molecule has 0 fully saturated rings. The molecule has 21 heavy (non-hydrogen) atoms. The van der Waals surface area contributed by atoms with E-state index in [0.717, 1.165) is 11.1 Å². The second-order valence-electron chi connectivity index (χ2n) is 4.81. The molecule has 0 aliphatic heterocycles. The van der Waals surface area contributed by atoms with Crippen molar-refractivity contribution < 1.29 is 13.9 Å². The van der Waals surface area contributed by atoms with E-state index in [9.17, 15) is 9.18 Å². The Kier molecular flexibility index (Phi) is 5.06. The number of nitrogens with one attached hydrogen (secondary N) is 1. The first-order chi connectivity index (χ1) is 10.1. The molecule has 0 saturated carbocycles. The largest absolute Gasteiger partial charge is 0.465 e. The molecule has 3 nitrogen and oxygen atoms in total. The Morgan fingerprint density at radius 3 is 2.71 bits per heavy atom. The van der Waals surface area contributed by atoms with Gasteiger partial charge >= 0.3 is 5.97 Å². The van der Waals surface area contributed by atoms with Crippen LogP contribution >= 0.6 is 0 Å². The Bertz CT molecular complexity index is 628. The molecule has 0 bridgehead atoms. The Balaban J connectivity index is 2.08. The fraction of sp³-hybridized carbons (Fsp3) is 0.235. The van der Waals surface area contributed by atoms with Crippen LogP contribution in [0.15, 0.2) is 48.5 Å². The zero-order valence-electron chi connectivity index (χ0n) is 12.1. The van der Waals surface area contributed by atoms with E-state index < -0.39 is 0 Å². The molecule has 1 unspecified atom stereocenters. The first kappa shape index (κ1) is 15.2. The molecule has 0 heterocycles. The molecule has 0 saturated heterocycles. The van der Waals surface area contributed by atoms with Gasteiger partial charge in [0.15, 0.2) is 0 Å². The lowest BCUT2D eigenvalue weighted by atomic mass is 10.1. The predicted octanol–water partition coefficient (Wildman–Crippen LogP) is 3.46. The van der Waals surface area contributed by atoms with Gasteiger partial charge in [0.1, 0.15) is 5.82 Å². The molecule has 0 amide bonds. The highest BCUT2D eigenvalue weighted by molar-refractivity contribution is 5.90. The lowest BCUT2D eigenvalue weighted by Crippen LogP contribution is -2.20. The summed E-state index contributed by atoms with van der Waals surface area (Å²) < 4.78 is 18.0. The molecule has 4 heteroatoms. The van der Waals surface area contributed by atoms with Crippen LogP contribution < -0.4 is 5.32 Å². The third-order valence-corrected chi connectivity index (χ3v) is 3.37. The van der Waals surface area contributed by atoms with Gasteiger partial charge in [-0.15, -0.1) is 0 Å². The maximum Gasteiger partial charge on any atom is 0.338 e. The van der Waals surface area contributed by atoms with Crippen LogP contribution in [0.25, 0.3) is 0 Å². The van der Waals surface area contributed by atoms with Crippen molar-refractivity contribution in [2.45, 2.75) is 19.5 Å². The van der Waals surface area contributed by atoms with Crippen molar-refractivity contribution in [2.24, 2.45) is 0 Å². The van der Waals surface area contributed by atoms with Gasteiger partial charge in [0.25, 0.3) is 0 Å². The summed E-state index contributed by atoms with van der Waals surface area (Å²) in [6, 6.07) is 13.7. The van der Waals surface area contributed by atoms with Crippen LogP contribution in [0.2, 0.25) is 0 Å². The maximum absolute atomic E-state index is 13.2. The Labute approximate surface area is 123 Å². The summed E-state index contributed by atoms with van der Waals surface area (Å²) in [5, 5.41) is 3.29. The third kappa shape index (κ3) is 3.89. The van der Waals surface area contributed by atoms with Crippen LogP contribution in [-0.2, 0) is 11.3 Å². The van der Waals surface area contributed by atoms with Crippen molar-refractivity contribution in [2.75, 3.05) is 7.11 Å². The molecular formula is C17H18FNO2. The average Bonchev–Trinajstić information content (AvgIpc) is 2.52. The summed E-state index contributed by atoms with van der Waals surface area (Å²) in [5.41, 5.74) is 2.26. The molecule has 1 atom stereocenters. The van der Waals surface area contributed by atoms with Crippen LogP contribution in [0.4, 0.5) is 4.39 Å². The number of ether oxygens (including phenoxy) is 1. The summed E-state index contributed by atoms with van der Waals surface area (Å²) in [6.07, 6.45) is 0. The third-order valence-electron chi connectivity index (χ3n) is 3.37. The van der Waals surface area contributed by atoms with E-state index in [1.165, 1.54) is 19.2 Å². The van der Waals surface area contributed by atoms with Crippen LogP contribution in [0.5, 0.6) is 0 Å². The molecule has 0 aliphatic carbocycles. The van der Waals surface area contributed by atoms with Crippen molar-refractivity contribution in [1.82, 2.24) is 5.32 Å². The van der Waals surface area contributed by atoms with E-state index in [4.69, 9.17) is 4.74 Å². The minimum absolute atomic E-state index is 0.0218. The summed E-state index contributed by atoms with van der Waals surface area (Å²) in [6.45, 7) is 2.46. The Morgan fingerprint density at radius 1 is 1.24 bits per heavy atom. The SMILES string of the molecule is COC(=O)c1ccccc1CNC(C)c1cccc(F)c1. The first-order valence-corrected chi connectivity index (χ1v) is 6.77. The minimum atomic E-state index is -0.356. The molecule has 0 aromatic heterocycles. The second kappa shape index (κ2) is 6.99. The fourth-order valence-corrected chi connectivity index (χ4v) is 2.14. The molecule has 2 aromatic rings. The molecular weight excluding hydrogens is 269 g/mol. The van der Waals surface area contributed by atoms with Gasteiger partial charge < -0.3 is 10.1 Å². The van der Waals surface area contributed by atoms with Crippen molar-refractivity contribution in [3.63, 3.8) is 0 Å². The Hall–Kier alpha value is -2.20. The molecule has 1 N–H and O–H groups in total. The second-order valence-corrected chi connectivity index (χ2v) is 4.81. The van der Waals surface area contributed by atoms with E-state index in [0.29, 0.717) is 12.1 Å². The van der Waals surface area contributed by atoms with Gasteiger partial charge in [-0.25, -0.2) is 9.18 Å². The molecule has 110 valence electrons. The zero-order chi connectivity index (χ0) is 15.2. The average molecular weight is 287 g/mol. The minimum Gasteiger partial charge on any atom is -0.465 e. The quantitative estimate of drug-likeness (QED) is 0.856. The number of carbonyl (C=O) groups excluding carboxylic acids is 1. The van der Waals surface area contributed by atoms with E-state index >= 15 is 0 Å². The van der Waals surface area contributed by atoms with E-state index in [-0.39, 0.29) is 17.8 Å². The summed E-state index contributed by atoms with van der Waals surface area (Å²) in [7, 11) is 1.36. The smallest absolute Gasteiger partial charge is 0.338 e. The zero-order valence-corrected chi connectivity index (χ0v) is 12.1. The van der Waals surface area contributed by atoms with Crippen LogP contribution in [0.3, 0.4) is 0 Å². The van der Waals surface area contributed by atoms with Crippen LogP contribution in [0, 0.1) is 5.82 Å². The molecule has 2 rings (SSSR count). The molecule has 0 spiro atoms. The summed E-state index contributed by atoms with van der Waals surface area (Å²) >= 11 is 0. The number of methoxy groups -OCH3 is 1. The fourth-order valence-electron chi connectivity index (χ4n) is 2.14. The lowest BCUT2D eigenvalue weighted by Gasteiger charge is -2.15. The van der Waals surface area contributed by atoms with Crippen molar-refractivity contribution in [3.8, 4) is 0 Å². The highest BCUT2D eigenvalue weighted by atomic mass is 19.1. The molecule has 0 aliphatic rings. The van der Waals surface area contributed by atoms with Gasteiger partial charge in [-0.3, -0.25) is 0 Å². The predicted molar refractivity (Wildman–Crippen MR) is 79.4 cm³/mol. The van der Waals surface area contributed by atoms with Crippen molar-refractivity contribution in [1.29, 1.82) is 0 Å². The monoisotopic (exact) mass is 287 g/mol. The van der Waals surface area contributed by atoms with Gasteiger partial charge in [0.05, 0.1) is 12.7 Å². The Morgan fingerprint density at radius 2 is 2.00 bits per heavy atom. The lowest BCUT2D eigenvalue weighted by molar-refractivity contribution is 0.0599. The van der Waals surface area contributed by atoms with Gasteiger partial charge in [0, 0.05) is 12.6 Å². The van der Waals surface area contributed by atoms with Gasteiger partial charge in [-0.05, 0) is 36.2 Å². The van der Waals surface area contributed by atoms with E-state index in [1.807, 2.05) is 25.1 Å². The van der Waals surface area contributed by atoms with Gasteiger partial charge in [-0.1, -0.05) is 30.3 Å². The number of rotatable bonds is 5. The van der Waals surface area contributed by atoms with E-state index in [2.05, 4.69) is 5.32 Å². The number of halogens is 1. The van der Waals surface area contributed by atoms with Crippen LogP contribution in [0.1, 0.15) is 34.5 Å². The number of esters is 1. The van der Waals surface area contributed by atoms with Crippen molar-refractivity contribution in [3.05, 3.63) is 71.0 Å². The first-order valence-electron chi connectivity index (χ1n) is 6.77. The highest BCUT2D eigenvalue weighted by Crippen LogP contribution is 2.16. The standard InChI is InChI=1S/C17H18FNO2/c1-12(13-7-5-8-15(18)10-13)19-11-14-6-3-4-9-16(14)17(20)21-2/h3-10,12,19H,11H2,1-2H3. The number of benzene rings is 2. The summed E-state index contributed by atoms with van der Waals surface area (Å²) in [4.78, 5) is 11.7. The van der Waals surface area contributed by atoms with Gasteiger partial charge in [0.2, 0.25) is 0 Å². The maximum atomic E-state index is 13.2. The van der Waals surface area contributed by atoms with E-state index in [1.54, 1.807) is 18.2 Å². The molecule has 0 radical (unpaired) electrons. The topological polar surface area (TPSA) is 38.3 Å². The number of carbonyl (C=O) groups is 1. The van der Waals surface area contributed by atoms with Crippen LogP contribution in [-0.4, -0.2) is 13.1 Å². The number of hydrogen-bond donors (Lipinski definition) is 1. The molecule has 2 aromatic carbocycles. The highest BCUT2D eigenvalue weighted by Gasteiger charge is 2.12. The van der Waals surface area contributed by atoms with Crippen molar-refractivity contribution >= 4 is 5.97 Å². The van der Waals surface area contributed by atoms with Gasteiger partial charge in [-0.2, -0.15) is 0 Å².